The van der Waals surface area contributed by atoms with Crippen molar-refractivity contribution >= 4 is 11.6 Å². The number of nitrogens with zero attached hydrogens (tertiary/aromatic N) is 2. The number of ether oxygens (including phenoxy) is 1. The number of aromatic nitrogens is 1. The molecule has 0 spiro atoms. The molecule has 0 bridgehead atoms. The first-order valence-corrected chi connectivity index (χ1v) is 6.20. The number of hydrogen-bond donors (Lipinski definition) is 1. The van der Waals surface area contributed by atoms with Crippen LogP contribution in [0.2, 0.25) is 0 Å². The van der Waals surface area contributed by atoms with E-state index < -0.39 is 0 Å². The number of pyridine rings is 1. The Labute approximate surface area is 107 Å². The van der Waals surface area contributed by atoms with Crippen LogP contribution in [0.1, 0.15) is 23.3 Å². The second-order valence-corrected chi connectivity index (χ2v) is 4.67. The Hall–Kier alpha value is -1.62. The average molecular weight is 249 g/mol. The summed E-state index contributed by atoms with van der Waals surface area (Å²) in [6.45, 7) is 2.33. The molecule has 1 aliphatic heterocycles. The standard InChI is InChI=1S/C13H19N3O2/c1-18-9-10-4-6-16(7-5-10)13(17)12-3-2-11(14)8-15-12/h2-3,8,10H,4-7,9,14H2,1H3. The lowest BCUT2D eigenvalue weighted by Gasteiger charge is -2.31. The third kappa shape index (κ3) is 2.98. The molecule has 5 heteroatoms. The van der Waals surface area contributed by atoms with E-state index in [0.717, 1.165) is 32.5 Å². The van der Waals surface area contributed by atoms with E-state index in [-0.39, 0.29) is 5.91 Å². The molecule has 18 heavy (non-hydrogen) atoms. The lowest BCUT2D eigenvalue weighted by Crippen LogP contribution is -2.39. The molecule has 2 rings (SSSR count). The molecule has 0 unspecified atom stereocenters. The summed E-state index contributed by atoms with van der Waals surface area (Å²) in [5.74, 6) is 0.560. The first kappa shape index (κ1) is 12.8. The molecule has 0 atom stereocenters. The highest BCUT2D eigenvalue weighted by molar-refractivity contribution is 5.92. The smallest absolute Gasteiger partial charge is 0.272 e. The Kier molecular flexibility index (Phi) is 4.15. The highest BCUT2D eigenvalue weighted by atomic mass is 16.5. The second kappa shape index (κ2) is 5.82. The van der Waals surface area contributed by atoms with Gasteiger partial charge in [-0.2, -0.15) is 0 Å². The number of amides is 1. The molecule has 0 aromatic carbocycles. The van der Waals surface area contributed by atoms with Gasteiger partial charge in [-0.15, -0.1) is 0 Å². The van der Waals surface area contributed by atoms with Gasteiger partial charge in [0.1, 0.15) is 5.69 Å². The summed E-state index contributed by atoms with van der Waals surface area (Å²) in [4.78, 5) is 18.1. The first-order valence-electron chi connectivity index (χ1n) is 6.20. The summed E-state index contributed by atoms with van der Waals surface area (Å²) >= 11 is 0. The molecule has 2 N–H and O–H groups in total. The fourth-order valence-electron chi connectivity index (χ4n) is 2.23. The minimum Gasteiger partial charge on any atom is -0.397 e. The predicted octanol–water partition coefficient (Wildman–Crippen LogP) is 1.16. The second-order valence-electron chi connectivity index (χ2n) is 4.67. The summed E-state index contributed by atoms with van der Waals surface area (Å²) in [6.07, 6.45) is 3.51. The number of piperidine rings is 1. The zero-order chi connectivity index (χ0) is 13.0. The molecule has 0 aliphatic carbocycles. The van der Waals surface area contributed by atoms with Gasteiger partial charge in [0, 0.05) is 26.8 Å². The van der Waals surface area contributed by atoms with Crippen molar-refractivity contribution in [2.45, 2.75) is 12.8 Å². The van der Waals surface area contributed by atoms with Crippen LogP contribution in [0.15, 0.2) is 18.3 Å². The van der Waals surface area contributed by atoms with Crippen LogP contribution >= 0.6 is 0 Å². The molecule has 1 saturated heterocycles. The number of carbonyl (C=O) groups is 1. The Morgan fingerprint density at radius 3 is 2.78 bits per heavy atom. The number of carbonyl (C=O) groups excluding carboxylic acids is 1. The lowest BCUT2D eigenvalue weighted by molar-refractivity contribution is 0.0608. The van der Waals surface area contributed by atoms with Crippen LogP contribution in [0.25, 0.3) is 0 Å². The number of rotatable bonds is 3. The molecule has 98 valence electrons. The van der Waals surface area contributed by atoms with Crippen molar-refractivity contribution in [1.82, 2.24) is 9.88 Å². The van der Waals surface area contributed by atoms with Gasteiger partial charge in [0.2, 0.25) is 0 Å². The highest BCUT2D eigenvalue weighted by Crippen LogP contribution is 2.18. The minimum atomic E-state index is -0.00846. The van der Waals surface area contributed by atoms with Crippen molar-refractivity contribution in [2.75, 3.05) is 32.5 Å². The molecule has 2 heterocycles. The molecule has 1 aromatic heterocycles. The van der Waals surface area contributed by atoms with Crippen LogP contribution in [0.3, 0.4) is 0 Å². The Morgan fingerprint density at radius 2 is 2.22 bits per heavy atom. The fourth-order valence-corrected chi connectivity index (χ4v) is 2.23. The van der Waals surface area contributed by atoms with Gasteiger partial charge < -0.3 is 15.4 Å². The van der Waals surface area contributed by atoms with Gasteiger partial charge in [-0.25, -0.2) is 4.98 Å². The SMILES string of the molecule is COCC1CCN(C(=O)c2ccc(N)cn2)CC1. The summed E-state index contributed by atoms with van der Waals surface area (Å²) in [7, 11) is 1.72. The molecule has 0 radical (unpaired) electrons. The normalized spacial score (nSPS) is 16.8. The van der Waals surface area contributed by atoms with Crippen LogP contribution in [0.4, 0.5) is 5.69 Å². The molecule has 0 saturated carbocycles. The van der Waals surface area contributed by atoms with E-state index in [2.05, 4.69) is 4.98 Å². The number of nitrogens with two attached hydrogens (primary N) is 1. The van der Waals surface area contributed by atoms with Crippen molar-refractivity contribution in [1.29, 1.82) is 0 Å². The minimum absolute atomic E-state index is 0.00846. The quantitative estimate of drug-likeness (QED) is 0.873. The van der Waals surface area contributed by atoms with Crippen LogP contribution < -0.4 is 5.73 Å². The summed E-state index contributed by atoms with van der Waals surface area (Å²) < 4.78 is 5.15. The van der Waals surface area contributed by atoms with Gasteiger partial charge in [0.15, 0.2) is 0 Å². The van der Waals surface area contributed by atoms with E-state index in [9.17, 15) is 4.79 Å². The van der Waals surface area contributed by atoms with Crippen molar-refractivity contribution in [3.05, 3.63) is 24.0 Å². The van der Waals surface area contributed by atoms with E-state index in [0.29, 0.717) is 17.3 Å². The average Bonchev–Trinajstić information content (AvgIpc) is 2.40. The van der Waals surface area contributed by atoms with Crippen molar-refractivity contribution in [2.24, 2.45) is 5.92 Å². The summed E-state index contributed by atoms with van der Waals surface area (Å²) in [6, 6.07) is 3.39. The molecule has 1 aromatic rings. The Morgan fingerprint density at radius 1 is 1.50 bits per heavy atom. The number of nitrogen functional groups attached to an aromatic ring is 1. The largest absolute Gasteiger partial charge is 0.397 e. The third-order valence-electron chi connectivity index (χ3n) is 3.31. The van der Waals surface area contributed by atoms with Gasteiger partial charge in [-0.05, 0) is 30.9 Å². The van der Waals surface area contributed by atoms with Crippen molar-refractivity contribution in [3.63, 3.8) is 0 Å². The third-order valence-corrected chi connectivity index (χ3v) is 3.31. The van der Waals surface area contributed by atoms with Crippen molar-refractivity contribution < 1.29 is 9.53 Å². The highest BCUT2D eigenvalue weighted by Gasteiger charge is 2.24. The van der Waals surface area contributed by atoms with Gasteiger partial charge in [0.25, 0.3) is 5.91 Å². The first-order chi connectivity index (χ1) is 8.70. The number of anilines is 1. The van der Waals surface area contributed by atoms with Crippen LogP contribution in [-0.2, 0) is 4.74 Å². The summed E-state index contributed by atoms with van der Waals surface area (Å²) in [5, 5.41) is 0. The fraction of sp³-hybridized carbons (Fsp3) is 0.538. The van der Waals surface area contributed by atoms with E-state index in [4.69, 9.17) is 10.5 Å². The number of methoxy groups -OCH3 is 1. The summed E-state index contributed by atoms with van der Waals surface area (Å²) in [5.41, 5.74) is 6.60. The maximum absolute atomic E-state index is 12.2. The van der Waals surface area contributed by atoms with E-state index in [1.54, 1.807) is 19.2 Å². The Bertz CT molecular complexity index is 397. The molecular formula is C13H19N3O2. The molecular weight excluding hydrogens is 230 g/mol. The van der Waals surface area contributed by atoms with E-state index in [1.165, 1.54) is 6.20 Å². The van der Waals surface area contributed by atoms with Crippen LogP contribution in [-0.4, -0.2) is 42.6 Å². The Balaban J connectivity index is 1.93. The lowest BCUT2D eigenvalue weighted by atomic mass is 9.97. The van der Waals surface area contributed by atoms with Crippen LogP contribution in [0, 0.1) is 5.92 Å². The van der Waals surface area contributed by atoms with Gasteiger partial charge in [-0.1, -0.05) is 0 Å². The number of likely N-dealkylation sites (tertiary alicyclic amines) is 1. The molecule has 1 amide bonds. The van der Waals surface area contributed by atoms with Gasteiger partial charge in [0.05, 0.1) is 11.9 Å². The molecule has 1 aliphatic rings. The monoisotopic (exact) mass is 249 g/mol. The molecule has 1 fully saturated rings. The topological polar surface area (TPSA) is 68.5 Å². The van der Waals surface area contributed by atoms with E-state index >= 15 is 0 Å². The van der Waals surface area contributed by atoms with E-state index in [1.807, 2.05) is 4.90 Å². The van der Waals surface area contributed by atoms with Crippen LogP contribution in [0.5, 0.6) is 0 Å². The number of hydrogen-bond acceptors (Lipinski definition) is 4. The maximum atomic E-state index is 12.2. The maximum Gasteiger partial charge on any atom is 0.272 e. The zero-order valence-corrected chi connectivity index (χ0v) is 10.6. The van der Waals surface area contributed by atoms with Crippen molar-refractivity contribution in [3.8, 4) is 0 Å². The van der Waals surface area contributed by atoms with Gasteiger partial charge >= 0.3 is 0 Å². The molecule has 5 nitrogen and oxygen atoms in total. The predicted molar refractivity (Wildman–Crippen MR) is 69.2 cm³/mol. The zero-order valence-electron chi connectivity index (χ0n) is 10.6. The van der Waals surface area contributed by atoms with Gasteiger partial charge in [-0.3, -0.25) is 4.79 Å².